The highest BCUT2D eigenvalue weighted by atomic mass is 35.7. The molecule has 110 valence electrons. The molecule has 4 nitrogen and oxygen atoms in total. The molecule has 0 bridgehead atoms. The summed E-state index contributed by atoms with van der Waals surface area (Å²) in [5, 5.41) is 0. The van der Waals surface area contributed by atoms with E-state index < -0.39 is 9.24 Å². The monoisotopic (exact) mass is 314 g/mol. The van der Waals surface area contributed by atoms with Gasteiger partial charge in [0.15, 0.2) is 0 Å². The first-order valence-electron chi connectivity index (χ1n) is 6.98. The second-order valence-electron chi connectivity index (χ2n) is 5.79. The highest BCUT2D eigenvalue weighted by molar-refractivity contribution is 8.11. The molecule has 1 aromatic rings. The van der Waals surface area contributed by atoms with E-state index in [2.05, 4.69) is 29.2 Å². The molecule has 0 spiro atoms. The van der Waals surface area contributed by atoms with Gasteiger partial charge in [0.2, 0.25) is 0 Å². The zero-order valence-electron chi connectivity index (χ0n) is 11.3. The molecule has 6 heteroatoms. The van der Waals surface area contributed by atoms with Crippen molar-refractivity contribution in [1.82, 2.24) is 9.21 Å². The van der Waals surface area contributed by atoms with Crippen LogP contribution in [-0.2, 0) is 15.8 Å². The van der Waals surface area contributed by atoms with Gasteiger partial charge in [-0.25, -0.2) is 0 Å². The van der Waals surface area contributed by atoms with E-state index in [1.54, 1.807) is 0 Å². The highest BCUT2D eigenvalue weighted by Crippen LogP contribution is 2.33. The molecule has 2 aliphatic rings. The van der Waals surface area contributed by atoms with E-state index in [1.807, 2.05) is 6.07 Å². The third kappa shape index (κ3) is 3.17. The maximum Gasteiger partial charge on any atom is 0.299 e. The average Bonchev–Trinajstić information content (AvgIpc) is 2.83. The molecule has 2 fully saturated rings. The molecule has 0 radical (unpaired) electrons. The Labute approximate surface area is 124 Å². The number of rotatable bonds is 3. The van der Waals surface area contributed by atoms with Crippen LogP contribution in [0.25, 0.3) is 0 Å². The highest BCUT2D eigenvalue weighted by Gasteiger charge is 2.40. The molecule has 0 saturated carbocycles. The summed E-state index contributed by atoms with van der Waals surface area (Å²) in [7, 11) is 1.91. The molecular weight excluding hydrogens is 296 g/mol. The Hall–Kier alpha value is -0.620. The van der Waals surface area contributed by atoms with Crippen LogP contribution in [0.3, 0.4) is 0 Å². The first-order valence-corrected chi connectivity index (χ1v) is 9.25. The second-order valence-corrected chi connectivity index (χ2v) is 8.30. The first-order chi connectivity index (χ1) is 9.52. The molecule has 2 unspecified atom stereocenters. The van der Waals surface area contributed by atoms with Gasteiger partial charge in [0.05, 0.1) is 0 Å². The zero-order chi connectivity index (χ0) is 14.2. The van der Waals surface area contributed by atoms with Crippen molar-refractivity contribution >= 4 is 19.9 Å². The quantitative estimate of drug-likeness (QED) is 0.800. The van der Waals surface area contributed by atoms with Crippen molar-refractivity contribution < 1.29 is 8.42 Å². The van der Waals surface area contributed by atoms with Gasteiger partial charge in [-0.05, 0) is 30.4 Å². The number of halogens is 1. The summed E-state index contributed by atoms with van der Waals surface area (Å²) in [5.74, 6) is 0.886. The lowest BCUT2D eigenvalue weighted by molar-refractivity contribution is 0.142. The topological polar surface area (TPSA) is 40.6 Å². The standard InChI is InChI=1S/C14H19ClN2O2S/c15-20(18,19)17-10-13-6-7-16(9-14(13)11-17)8-12-4-2-1-3-5-12/h1-5,13-14H,6-11H2. The summed E-state index contributed by atoms with van der Waals surface area (Å²) in [4.78, 5) is 2.42. The molecule has 0 amide bonds. The number of hydrogen-bond donors (Lipinski definition) is 0. The molecule has 20 heavy (non-hydrogen) atoms. The van der Waals surface area contributed by atoms with Crippen LogP contribution in [0.4, 0.5) is 0 Å². The summed E-state index contributed by atoms with van der Waals surface area (Å²) in [6.45, 7) is 4.10. The molecule has 1 aromatic carbocycles. The van der Waals surface area contributed by atoms with E-state index in [0.29, 0.717) is 24.9 Å². The minimum Gasteiger partial charge on any atom is -0.299 e. The normalized spacial score (nSPS) is 28.4. The van der Waals surface area contributed by atoms with Crippen LogP contribution in [0.1, 0.15) is 12.0 Å². The Kier molecular flexibility index (Phi) is 4.04. The van der Waals surface area contributed by atoms with Gasteiger partial charge < -0.3 is 0 Å². The molecule has 2 saturated heterocycles. The smallest absolute Gasteiger partial charge is 0.299 e. The number of piperidine rings is 1. The predicted molar refractivity (Wildman–Crippen MR) is 79.7 cm³/mol. The fourth-order valence-electron chi connectivity index (χ4n) is 3.36. The Balaban J connectivity index is 1.62. The lowest BCUT2D eigenvalue weighted by Gasteiger charge is -2.34. The van der Waals surface area contributed by atoms with Crippen LogP contribution in [0.2, 0.25) is 0 Å². The molecule has 3 rings (SSSR count). The lowest BCUT2D eigenvalue weighted by Crippen LogP contribution is -2.39. The van der Waals surface area contributed by atoms with Gasteiger partial charge in [-0.2, -0.15) is 12.7 Å². The van der Waals surface area contributed by atoms with Crippen LogP contribution in [0, 0.1) is 11.8 Å². The number of benzene rings is 1. The van der Waals surface area contributed by atoms with Gasteiger partial charge in [0, 0.05) is 36.9 Å². The largest absolute Gasteiger partial charge is 0.299 e. The molecule has 2 heterocycles. The van der Waals surface area contributed by atoms with Crippen LogP contribution in [0.5, 0.6) is 0 Å². The molecule has 2 atom stereocenters. The molecule has 0 N–H and O–H groups in total. The van der Waals surface area contributed by atoms with Gasteiger partial charge in [-0.15, -0.1) is 0 Å². The van der Waals surface area contributed by atoms with Crippen molar-refractivity contribution in [2.24, 2.45) is 11.8 Å². The van der Waals surface area contributed by atoms with E-state index in [4.69, 9.17) is 10.7 Å². The van der Waals surface area contributed by atoms with Crippen LogP contribution in [0.15, 0.2) is 30.3 Å². The van der Waals surface area contributed by atoms with Gasteiger partial charge in [-0.3, -0.25) is 4.90 Å². The number of fused-ring (bicyclic) bond motifs is 1. The molecule has 0 aromatic heterocycles. The van der Waals surface area contributed by atoms with E-state index in [1.165, 1.54) is 9.87 Å². The SMILES string of the molecule is O=S(=O)(Cl)N1CC2CCN(Cc3ccccc3)CC2C1. The van der Waals surface area contributed by atoms with Gasteiger partial charge in [0.25, 0.3) is 9.24 Å². The molecule has 0 aliphatic carbocycles. The van der Waals surface area contributed by atoms with E-state index in [-0.39, 0.29) is 0 Å². The van der Waals surface area contributed by atoms with Crippen molar-refractivity contribution in [3.63, 3.8) is 0 Å². The van der Waals surface area contributed by atoms with E-state index >= 15 is 0 Å². The maximum atomic E-state index is 11.4. The van der Waals surface area contributed by atoms with Crippen LogP contribution < -0.4 is 0 Å². The van der Waals surface area contributed by atoms with Gasteiger partial charge >= 0.3 is 0 Å². The summed E-state index contributed by atoms with van der Waals surface area (Å²) in [5.41, 5.74) is 1.31. The van der Waals surface area contributed by atoms with Gasteiger partial charge in [0.1, 0.15) is 0 Å². The predicted octanol–water partition coefficient (Wildman–Crippen LogP) is 1.92. The van der Waals surface area contributed by atoms with Crippen molar-refractivity contribution in [3.8, 4) is 0 Å². The van der Waals surface area contributed by atoms with Crippen molar-refractivity contribution in [3.05, 3.63) is 35.9 Å². The minimum absolute atomic E-state index is 0.418. The Bertz CT molecular complexity index is 564. The number of hydrogen-bond acceptors (Lipinski definition) is 3. The maximum absolute atomic E-state index is 11.4. The van der Waals surface area contributed by atoms with Crippen molar-refractivity contribution in [1.29, 1.82) is 0 Å². The van der Waals surface area contributed by atoms with Crippen molar-refractivity contribution in [2.75, 3.05) is 26.2 Å². The van der Waals surface area contributed by atoms with Crippen molar-refractivity contribution in [2.45, 2.75) is 13.0 Å². The van der Waals surface area contributed by atoms with E-state index in [0.717, 1.165) is 26.1 Å². The number of nitrogens with zero attached hydrogens (tertiary/aromatic N) is 2. The Morgan fingerprint density at radius 2 is 1.80 bits per heavy atom. The summed E-state index contributed by atoms with van der Waals surface area (Å²) in [6, 6.07) is 10.4. The fourth-order valence-corrected chi connectivity index (χ4v) is 4.44. The summed E-state index contributed by atoms with van der Waals surface area (Å²) >= 11 is 0. The van der Waals surface area contributed by atoms with Crippen LogP contribution >= 0.6 is 10.7 Å². The summed E-state index contributed by atoms with van der Waals surface area (Å²) in [6.07, 6.45) is 1.06. The third-order valence-electron chi connectivity index (χ3n) is 4.41. The third-order valence-corrected chi connectivity index (χ3v) is 5.91. The van der Waals surface area contributed by atoms with Crippen LogP contribution in [-0.4, -0.2) is 43.8 Å². The summed E-state index contributed by atoms with van der Waals surface area (Å²) < 4.78 is 24.3. The van der Waals surface area contributed by atoms with E-state index in [9.17, 15) is 8.42 Å². The van der Waals surface area contributed by atoms with Gasteiger partial charge in [-0.1, -0.05) is 30.3 Å². The zero-order valence-corrected chi connectivity index (χ0v) is 12.9. The number of likely N-dealkylation sites (tertiary alicyclic amines) is 1. The Morgan fingerprint density at radius 3 is 2.50 bits per heavy atom. The fraction of sp³-hybridized carbons (Fsp3) is 0.571. The average molecular weight is 315 g/mol. The molecular formula is C14H19ClN2O2S. The first kappa shape index (κ1) is 14.3. The second kappa shape index (κ2) is 5.64. The minimum atomic E-state index is -3.55. The molecule has 2 aliphatic heterocycles. The Morgan fingerprint density at radius 1 is 1.10 bits per heavy atom. The lowest BCUT2D eigenvalue weighted by atomic mass is 9.88.